The Morgan fingerprint density at radius 2 is 2.50 bits per heavy atom. The maximum Gasteiger partial charge on any atom is 0.252 e. The molecule has 1 N–H and O–H groups in total. The molecule has 1 atom stereocenters. The first-order valence-corrected chi connectivity index (χ1v) is 5.27. The van der Waals surface area contributed by atoms with Crippen LogP contribution in [0.1, 0.15) is 23.2 Å². The molecule has 1 amide bonds. The molecule has 1 saturated heterocycles. The average molecular weight is 224 g/mol. The number of rotatable bonds is 3. The van der Waals surface area contributed by atoms with E-state index < -0.39 is 5.95 Å². The number of ether oxygens (including phenoxy) is 1. The van der Waals surface area contributed by atoms with E-state index in [0.29, 0.717) is 12.1 Å². The summed E-state index contributed by atoms with van der Waals surface area (Å²) in [5.74, 6) is -0.835. The molecule has 1 unspecified atom stereocenters. The molecule has 0 bridgehead atoms. The molecule has 86 valence electrons. The minimum Gasteiger partial charge on any atom is -0.376 e. The van der Waals surface area contributed by atoms with Crippen molar-refractivity contribution in [2.75, 3.05) is 13.2 Å². The number of aromatic nitrogens is 1. The summed E-state index contributed by atoms with van der Waals surface area (Å²) in [6.07, 6.45) is 3.35. The van der Waals surface area contributed by atoms with Crippen molar-refractivity contribution in [2.24, 2.45) is 0 Å². The molecule has 0 spiro atoms. The number of hydrogen-bond acceptors (Lipinski definition) is 3. The van der Waals surface area contributed by atoms with E-state index in [2.05, 4.69) is 10.3 Å². The summed E-state index contributed by atoms with van der Waals surface area (Å²) in [5, 5.41) is 2.73. The third-order valence-corrected chi connectivity index (χ3v) is 2.50. The van der Waals surface area contributed by atoms with E-state index in [1.165, 1.54) is 18.3 Å². The molecule has 1 fully saturated rings. The molecular formula is C11H13FN2O2. The summed E-state index contributed by atoms with van der Waals surface area (Å²) < 4.78 is 17.9. The van der Waals surface area contributed by atoms with Crippen LogP contribution in [0.2, 0.25) is 0 Å². The van der Waals surface area contributed by atoms with Crippen LogP contribution in [0.5, 0.6) is 0 Å². The van der Waals surface area contributed by atoms with Crippen molar-refractivity contribution in [1.29, 1.82) is 0 Å². The molecule has 1 aliphatic heterocycles. The molecule has 16 heavy (non-hydrogen) atoms. The van der Waals surface area contributed by atoms with Gasteiger partial charge in [0, 0.05) is 19.3 Å². The van der Waals surface area contributed by atoms with Gasteiger partial charge in [-0.05, 0) is 25.0 Å². The van der Waals surface area contributed by atoms with Crippen LogP contribution in [-0.2, 0) is 4.74 Å². The molecule has 1 aliphatic rings. The molecule has 5 heteroatoms. The van der Waals surface area contributed by atoms with Gasteiger partial charge in [-0.1, -0.05) is 0 Å². The maximum atomic E-state index is 12.5. The normalized spacial score (nSPS) is 19.7. The zero-order chi connectivity index (χ0) is 11.4. The van der Waals surface area contributed by atoms with E-state index in [-0.39, 0.29) is 12.0 Å². The van der Waals surface area contributed by atoms with Crippen LogP contribution >= 0.6 is 0 Å². The lowest BCUT2D eigenvalue weighted by Gasteiger charge is -2.10. The highest BCUT2D eigenvalue weighted by atomic mass is 19.1. The van der Waals surface area contributed by atoms with Crippen LogP contribution in [0.3, 0.4) is 0 Å². The van der Waals surface area contributed by atoms with Gasteiger partial charge in [-0.2, -0.15) is 4.39 Å². The number of carbonyl (C=O) groups is 1. The monoisotopic (exact) mass is 224 g/mol. The Bertz CT molecular complexity index is 361. The van der Waals surface area contributed by atoms with Gasteiger partial charge in [0.2, 0.25) is 5.95 Å². The minimum absolute atomic E-state index is 0.109. The fourth-order valence-electron chi connectivity index (χ4n) is 1.62. The summed E-state index contributed by atoms with van der Waals surface area (Å²) in [4.78, 5) is 15.0. The van der Waals surface area contributed by atoms with Gasteiger partial charge in [0.1, 0.15) is 0 Å². The van der Waals surface area contributed by atoms with Crippen LogP contribution in [0.15, 0.2) is 18.3 Å². The van der Waals surface area contributed by atoms with Crippen molar-refractivity contribution in [1.82, 2.24) is 10.3 Å². The molecule has 1 aromatic heterocycles. The second-order valence-corrected chi connectivity index (χ2v) is 3.71. The van der Waals surface area contributed by atoms with Gasteiger partial charge in [-0.15, -0.1) is 0 Å². The second kappa shape index (κ2) is 5.03. The number of amides is 1. The van der Waals surface area contributed by atoms with Gasteiger partial charge in [-0.25, -0.2) is 4.98 Å². The van der Waals surface area contributed by atoms with E-state index in [1.54, 1.807) is 0 Å². The fourth-order valence-corrected chi connectivity index (χ4v) is 1.62. The summed E-state index contributed by atoms with van der Waals surface area (Å²) >= 11 is 0. The zero-order valence-corrected chi connectivity index (χ0v) is 8.78. The smallest absolute Gasteiger partial charge is 0.252 e. The molecule has 0 radical (unpaired) electrons. The Hall–Kier alpha value is -1.49. The SMILES string of the molecule is O=C(NCC1CCCO1)c1ccc(F)nc1. The van der Waals surface area contributed by atoms with Crippen molar-refractivity contribution in [3.63, 3.8) is 0 Å². The largest absolute Gasteiger partial charge is 0.376 e. The first-order valence-electron chi connectivity index (χ1n) is 5.27. The average Bonchev–Trinajstić information content (AvgIpc) is 2.80. The molecule has 2 rings (SSSR count). The highest BCUT2D eigenvalue weighted by Crippen LogP contribution is 2.10. The molecule has 2 heterocycles. The van der Waals surface area contributed by atoms with E-state index >= 15 is 0 Å². The number of nitrogens with zero attached hydrogens (tertiary/aromatic N) is 1. The Kier molecular flexibility index (Phi) is 3.46. The zero-order valence-electron chi connectivity index (χ0n) is 8.78. The van der Waals surface area contributed by atoms with Crippen LogP contribution in [0.25, 0.3) is 0 Å². The van der Waals surface area contributed by atoms with E-state index in [4.69, 9.17) is 4.74 Å². The van der Waals surface area contributed by atoms with Gasteiger partial charge >= 0.3 is 0 Å². The van der Waals surface area contributed by atoms with Crippen molar-refractivity contribution in [2.45, 2.75) is 18.9 Å². The van der Waals surface area contributed by atoms with Crippen molar-refractivity contribution >= 4 is 5.91 Å². The van der Waals surface area contributed by atoms with Gasteiger partial charge in [0.25, 0.3) is 5.91 Å². The number of nitrogens with one attached hydrogen (secondary N) is 1. The predicted molar refractivity (Wildman–Crippen MR) is 55.5 cm³/mol. The van der Waals surface area contributed by atoms with Crippen molar-refractivity contribution < 1.29 is 13.9 Å². The Labute approximate surface area is 92.8 Å². The maximum absolute atomic E-state index is 12.5. The molecule has 0 aromatic carbocycles. The first kappa shape index (κ1) is 11.0. The quantitative estimate of drug-likeness (QED) is 0.783. The first-order chi connectivity index (χ1) is 7.75. The summed E-state index contributed by atoms with van der Waals surface area (Å²) in [7, 11) is 0. The lowest BCUT2D eigenvalue weighted by molar-refractivity contribution is 0.0857. The van der Waals surface area contributed by atoms with E-state index in [1.807, 2.05) is 0 Å². The third kappa shape index (κ3) is 2.76. The molecular weight excluding hydrogens is 211 g/mol. The van der Waals surface area contributed by atoms with Gasteiger partial charge in [-0.3, -0.25) is 4.79 Å². The van der Waals surface area contributed by atoms with Crippen molar-refractivity contribution in [3.05, 3.63) is 29.8 Å². The van der Waals surface area contributed by atoms with Crippen molar-refractivity contribution in [3.8, 4) is 0 Å². The number of pyridine rings is 1. The van der Waals surface area contributed by atoms with Crippen LogP contribution in [0.4, 0.5) is 4.39 Å². The lowest BCUT2D eigenvalue weighted by Crippen LogP contribution is -2.31. The number of hydrogen-bond donors (Lipinski definition) is 1. The molecule has 1 aromatic rings. The molecule has 4 nitrogen and oxygen atoms in total. The third-order valence-electron chi connectivity index (χ3n) is 2.50. The van der Waals surface area contributed by atoms with E-state index in [9.17, 15) is 9.18 Å². The minimum atomic E-state index is -0.587. The van der Waals surface area contributed by atoms with Crippen LogP contribution < -0.4 is 5.32 Å². The highest BCUT2D eigenvalue weighted by molar-refractivity contribution is 5.93. The summed E-state index contributed by atoms with van der Waals surface area (Å²) in [5.41, 5.74) is 0.361. The van der Waals surface area contributed by atoms with Crippen LogP contribution in [0, 0.1) is 5.95 Å². The standard InChI is InChI=1S/C11H13FN2O2/c12-10-4-3-8(6-13-10)11(15)14-7-9-2-1-5-16-9/h3-4,6,9H,1-2,5,7H2,(H,14,15). The topological polar surface area (TPSA) is 51.2 Å². The lowest BCUT2D eigenvalue weighted by atomic mass is 10.2. The Morgan fingerprint density at radius 1 is 1.62 bits per heavy atom. The van der Waals surface area contributed by atoms with E-state index in [0.717, 1.165) is 19.4 Å². The Balaban J connectivity index is 1.85. The summed E-state index contributed by atoms with van der Waals surface area (Å²) in [6, 6.07) is 2.58. The Morgan fingerprint density at radius 3 is 3.12 bits per heavy atom. The molecule has 0 saturated carbocycles. The van der Waals surface area contributed by atoms with Gasteiger partial charge in [0.15, 0.2) is 0 Å². The number of halogens is 1. The highest BCUT2D eigenvalue weighted by Gasteiger charge is 2.16. The van der Waals surface area contributed by atoms with Crippen LogP contribution in [-0.4, -0.2) is 30.1 Å². The predicted octanol–water partition coefficient (Wildman–Crippen LogP) is 1.13. The molecule has 0 aliphatic carbocycles. The number of carbonyl (C=O) groups excluding carboxylic acids is 1. The van der Waals surface area contributed by atoms with Gasteiger partial charge in [0.05, 0.1) is 11.7 Å². The second-order valence-electron chi connectivity index (χ2n) is 3.71. The summed E-state index contributed by atoms with van der Waals surface area (Å²) in [6.45, 7) is 1.26. The van der Waals surface area contributed by atoms with Gasteiger partial charge < -0.3 is 10.1 Å². The fraction of sp³-hybridized carbons (Fsp3) is 0.455.